The molecule has 4 rings (SSSR count). The number of nitrogens with one attached hydrogen (secondary N) is 1. The standard InChI is InChI=1S/C23H25ClFN3O3/c1-30-22-8-14(21(26)11-20(22)24)2-7-23(29)28-18-9-17(10-19(28)13-31-12-18)27-16-5-3-15(25)4-6-16/h2-8,11,17-19,27H,9-10,12-13,26H2,1H3/t17?,18-,19+. The summed E-state index contributed by atoms with van der Waals surface area (Å²) >= 11 is 6.09. The van der Waals surface area contributed by atoms with E-state index in [4.69, 9.17) is 26.8 Å². The van der Waals surface area contributed by atoms with Crippen LogP contribution in [0.3, 0.4) is 0 Å². The highest BCUT2D eigenvalue weighted by molar-refractivity contribution is 6.32. The molecule has 2 aromatic rings. The molecule has 3 N–H and O–H groups in total. The van der Waals surface area contributed by atoms with Crippen LogP contribution in [0.5, 0.6) is 5.75 Å². The van der Waals surface area contributed by atoms with Crippen molar-refractivity contribution in [2.45, 2.75) is 31.0 Å². The molecule has 0 saturated carbocycles. The first-order valence-corrected chi connectivity index (χ1v) is 10.6. The monoisotopic (exact) mass is 445 g/mol. The molecule has 1 amide bonds. The summed E-state index contributed by atoms with van der Waals surface area (Å²) in [7, 11) is 1.53. The lowest BCUT2D eigenvalue weighted by Crippen LogP contribution is -2.60. The Labute approximate surface area is 185 Å². The van der Waals surface area contributed by atoms with E-state index in [1.807, 2.05) is 4.90 Å². The Bertz CT molecular complexity index is 969. The highest BCUT2D eigenvalue weighted by atomic mass is 35.5. The van der Waals surface area contributed by atoms with Crippen molar-refractivity contribution in [3.63, 3.8) is 0 Å². The number of piperidine rings is 1. The minimum Gasteiger partial charge on any atom is -0.495 e. The van der Waals surface area contributed by atoms with Gasteiger partial charge >= 0.3 is 0 Å². The van der Waals surface area contributed by atoms with Gasteiger partial charge in [-0.15, -0.1) is 0 Å². The minimum atomic E-state index is -0.262. The van der Waals surface area contributed by atoms with Gasteiger partial charge in [-0.25, -0.2) is 4.39 Å². The van der Waals surface area contributed by atoms with Gasteiger partial charge in [-0.1, -0.05) is 11.6 Å². The summed E-state index contributed by atoms with van der Waals surface area (Å²) in [6.45, 7) is 0.989. The van der Waals surface area contributed by atoms with E-state index in [1.165, 1.54) is 25.3 Å². The van der Waals surface area contributed by atoms with Gasteiger partial charge in [0.05, 0.1) is 37.4 Å². The lowest BCUT2D eigenvalue weighted by atomic mass is 9.89. The van der Waals surface area contributed by atoms with E-state index in [0.29, 0.717) is 35.2 Å². The van der Waals surface area contributed by atoms with Crippen LogP contribution < -0.4 is 15.8 Å². The lowest BCUT2D eigenvalue weighted by molar-refractivity contribution is -0.145. The molecule has 3 atom stereocenters. The first-order valence-electron chi connectivity index (χ1n) is 10.2. The van der Waals surface area contributed by atoms with E-state index in [9.17, 15) is 9.18 Å². The average molecular weight is 446 g/mol. The predicted octanol–water partition coefficient (Wildman–Crippen LogP) is 3.95. The van der Waals surface area contributed by atoms with E-state index in [1.54, 1.807) is 30.3 Å². The Morgan fingerprint density at radius 2 is 1.94 bits per heavy atom. The van der Waals surface area contributed by atoms with Crippen LogP contribution >= 0.6 is 11.6 Å². The van der Waals surface area contributed by atoms with Crippen molar-refractivity contribution in [1.29, 1.82) is 0 Å². The number of ether oxygens (including phenoxy) is 2. The predicted molar refractivity (Wildman–Crippen MR) is 120 cm³/mol. The summed E-state index contributed by atoms with van der Waals surface area (Å²) in [6, 6.07) is 9.79. The maximum Gasteiger partial charge on any atom is 0.247 e. The lowest BCUT2D eigenvalue weighted by Gasteiger charge is -2.48. The van der Waals surface area contributed by atoms with Crippen molar-refractivity contribution < 1.29 is 18.7 Å². The molecular weight excluding hydrogens is 421 g/mol. The molecule has 2 saturated heterocycles. The van der Waals surface area contributed by atoms with Crippen molar-refractivity contribution in [2.24, 2.45) is 0 Å². The molecule has 2 bridgehead atoms. The minimum absolute atomic E-state index is 0.0281. The number of nitrogens with two attached hydrogens (primary N) is 1. The number of carbonyl (C=O) groups excluding carboxylic acids is 1. The first-order chi connectivity index (χ1) is 14.9. The van der Waals surface area contributed by atoms with Gasteiger partial charge in [-0.3, -0.25) is 4.79 Å². The second kappa shape index (κ2) is 9.16. The smallest absolute Gasteiger partial charge is 0.247 e. The molecule has 0 aliphatic carbocycles. The Balaban J connectivity index is 1.45. The maximum atomic E-state index is 13.2. The van der Waals surface area contributed by atoms with Crippen LogP contribution in [0.25, 0.3) is 6.08 Å². The van der Waals surface area contributed by atoms with Crippen molar-refractivity contribution in [3.05, 3.63) is 58.9 Å². The van der Waals surface area contributed by atoms with Gasteiger partial charge in [0.1, 0.15) is 11.6 Å². The number of nitrogens with zero attached hydrogens (tertiary/aromatic N) is 1. The second-order valence-corrected chi connectivity index (χ2v) is 8.27. The molecule has 31 heavy (non-hydrogen) atoms. The molecule has 0 aromatic heterocycles. The van der Waals surface area contributed by atoms with E-state index < -0.39 is 0 Å². The average Bonchev–Trinajstić information content (AvgIpc) is 2.74. The largest absolute Gasteiger partial charge is 0.495 e. The molecule has 2 aliphatic rings. The summed E-state index contributed by atoms with van der Waals surface area (Å²) in [5.74, 6) is 0.162. The van der Waals surface area contributed by atoms with Gasteiger partial charge in [-0.2, -0.15) is 0 Å². The van der Waals surface area contributed by atoms with Crippen LogP contribution in [0, 0.1) is 5.82 Å². The number of methoxy groups -OCH3 is 1. The van der Waals surface area contributed by atoms with Crippen LogP contribution in [0.1, 0.15) is 18.4 Å². The third-order valence-electron chi connectivity index (χ3n) is 5.75. The molecule has 0 radical (unpaired) electrons. The van der Waals surface area contributed by atoms with Crippen LogP contribution in [-0.2, 0) is 9.53 Å². The number of halogens is 2. The molecule has 2 aromatic carbocycles. The van der Waals surface area contributed by atoms with Gasteiger partial charge in [-0.05, 0) is 55.3 Å². The molecule has 6 nitrogen and oxygen atoms in total. The number of nitrogen functional groups attached to an aromatic ring is 1. The number of carbonyl (C=O) groups is 1. The Morgan fingerprint density at radius 3 is 2.58 bits per heavy atom. The van der Waals surface area contributed by atoms with E-state index in [-0.39, 0.29) is 29.8 Å². The fourth-order valence-corrected chi connectivity index (χ4v) is 4.56. The molecule has 8 heteroatoms. The van der Waals surface area contributed by atoms with Gasteiger partial charge in [0.25, 0.3) is 0 Å². The SMILES string of the molecule is COc1cc(C=CC(=O)N2[C@@H]3COC[C@H]2CC(Nc2ccc(F)cc2)C3)c(N)cc1Cl. The third kappa shape index (κ3) is 4.78. The van der Waals surface area contributed by atoms with Gasteiger partial charge in [0.2, 0.25) is 5.91 Å². The molecule has 0 spiro atoms. The highest BCUT2D eigenvalue weighted by Crippen LogP contribution is 2.32. The van der Waals surface area contributed by atoms with Crippen molar-refractivity contribution in [3.8, 4) is 5.75 Å². The van der Waals surface area contributed by atoms with Gasteiger partial charge < -0.3 is 25.4 Å². The molecule has 2 fully saturated rings. The molecule has 164 valence electrons. The Kier molecular flexibility index (Phi) is 6.34. The van der Waals surface area contributed by atoms with E-state index >= 15 is 0 Å². The zero-order valence-corrected chi connectivity index (χ0v) is 17.9. The number of anilines is 2. The number of benzene rings is 2. The summed E-state index contributed by atoms with van der Waals surface area (Å²) in [5, 5.41) is 3.88. The number of amides is 1. The van der Waals surface area contributed by atoms with E-state index in [2.05, 4.69) is 5.32 Å². The fourth-order valence-electron chi connectivity index (χ4n) is 4.31. The molecule has 1 unspecified atom stereocenters. The highest BCUT2D eigenvalue weighted by Gasteiger charge is 2.40. The number of hydrogen-bond donors (Lipinski definition) is 2. The molecule has 2 heterocycles. The quantitative estimate of drug-likeness (QED) is 0.538. The maximum absolute atomic E-state index is 13.2. The summed E-state index contributed by atoms with van der Waals surface area (Å²) in [4.78, 5) is 15.0. The number of hydrogen-bond acceptors (Lipinski definition) is 5. The number of rotatable bonds is 5. The van der Waals surface area contributed by atoms with E-state index in [0.717, 1.165) is 18.5 Å². The fraction of sp³-hybridized carbons (Fsp3) is 0.348. The first kappa shape index (κ1) is 21.5. The third-order valence-corrected chi connectivity index (χ3v) is 6.05. The summed E-state index contributed by atoms with van der Waals surface area (Å²) in [6.07, 6.45) is 4.74. The van der Waals surface area contributed by atoms with Crippen molar-refractivity contribution in [1.82, 2.24) is 4.90 Å². The summed E-state index contributed by atoms with van der Waals surface area (Å²) in [5.41, 5.74) is 8.05. The second-order valence-electron chi connectivity index (χ2n) is 7.86. The molecule has 2 aliphatic heterocycles. The molecular formula is C23H25ClFN3O3. The summed E-state index contributed by atoms with van der Waals surface area (Å²) < 4.78 is 24.1. The Hall–Kier alpha value is -2.77. The topological polar surface area (TPSA) is 76.8 Å². The van der Waals surface area contributed by atoms with Crippen molar-refractivity contribution >= 4 is 35.0 Å². The zero-order valence-electron chi connectivity index (χ0n) is 17.2. The van der Waals surface area contributed by atoms with Gasteiger partial charge in [0, 0.05) is 29.1 Å². The van der Waals surface area contributed by atoms with Gasteiger partial charge in [0.15, 0.2) is 0 Å². The van der Waals surface area contributed by atoms with Crippen LogP contribution in [0.2, 0.25) is 5.02 Å². The van der Waals surface area contributed by atoms with Crippen molar-refractivity contribution in [2.75, 3.05) is 31.4 Å². The normalized spacial score (nSPS) is 23.1. The van der Waals surface area contributed by atoms with Crippen LogP contribution in [-0.4, -0.2) is 49.3 Å². The van der Waals surface area contributed by atoms with Crippen LogP contribution in [0.4, 0.5) is 15.8 Å². The number of morpholine rings is 1. The number of fused-ring (bicyclic) bond motifs is 2. The zero-order chi connectivity index (χ0) is 22.0. The van der Waals surface area contributed by atoms with Crippen LogP contribution in [0.15, 0.2) is 42.5 Å². The Morgan fingerprint density at radius 1 is 1.26 bits per heavy atom.